The third-order valence-corrected chi connectivity index (χ3v) is 2.12. The molecule has 0 bridgehead atoms. The van der Waals surface area contributed by atoms with Crippen LogP contribution in [0.1, 0.15) is 0 Å². The summed E-state index contributed by atoms with van der Waals surface area (Å²) in [5, 5.41) is 4.79. The largest absolute Gasteiger partial charge is 0.358 e. The van der Waals surface area contributed by atoms with Crippen molar-refractivity contribution in [3.05, 3.63) is 50.6 Å². The molecular weight excluding hydrogens is 256 g/mol. The van der Waals surface area contributed by atoms with Crippen LogP contribution in [-0.2, 0) is 0 Å². The number of carbonyl (C=O) groups is 2. The quantitative estimate of drug-likeness (QED) is 0.542. The third-order valence-electron chi connectivity index (χ3n) is 2.12. The Kier molecular flexibility index (Phi) is 9.12. The highest BCUT2D eigenvalue weighted by Crippen LogP contribution is 1.94. The van der Waals surface area contributed by atoms with Gasteiger partial charge in [0.05, 0.1) is 13.1 Å². The molecule has 1 N–H and O–H groups in total. The van der Waals surface area contributed by atoms with Crippen molar-refractivity contribution >= 4 is 12.1 Å². The molecule has 6 nitrogen and oxygen atoms in total. The van der Waals surface area contributed by atoms with Crippen LogP contribution in [0, 0.1) is 0 Å². The molecule has 6 heteroatoms. The fourth-order valence-corrected chi connectivity index (χ4v) is 1.27. The maximum Gasteiger partial charge on any atom is 0.358 e. The van der Waals surface area contributed by atoms with Crippen molar-refractivity contribution in [3.63, 3.8) is 0 Å². The first-order valence-electron chi connectivity index (χ1n) is 6.08. The molecule has 0 heterocycles. The van der Waals surface area contributed by atoms with E-state index in [1.165, 1.54) is 17.1 Å². The molecule has 109 valence electrons. The lowest BCUT2D eigenvalue weighted by atomic mass is 10.5. The second-order valence-corrected chi connectivity index (χ2v) is 3.71. The second-order valence-electron chi connectivity index (χ2n) is 3.71. The Bertz CT molecular complexity index is 369. The molecule has 0 spiro atoms. The van der Waals surface area contributed by atoms with E-state index in [0.717, 1.165) is 5.01 Å². The number of hydrogen-bond acceptors (Lipinski definition) is 2. The van der Waals surface area contributed by atoms with Crippen molar-refractivity contribution < 1.29 is 9.59 Å². The van der Waals surface area contributed by atoms with Gasteiger partial charge in [0.15, 0.2) is 0 Å². The Hall–Kier alpha value is -2.50. The molecule has 0 aliphatic heterocycles. The summed E-state index contributed by atoms with van der Waals surface area (Å²) in [6.45, 7) is 15.2. The van der Waals surface area contributed by atoms with E-state index in [-0.39, 0.29) is 13.1 Å². The fourth-order valence-electron chi connectivity index (χ4n) is 1.27. The van der Waals surface area contributed by atoms with Gasteiger partial charge in [-0.25, -0.2) is 25.3 Å². The van der Waals surface area contributed by atoms with Gasteiger partial charge in [-0.05, 0) is 0 Å². The predicted octanol–water partition coefficient (Wildman–Crippen LogP) is 1.68. The average Bonchev–Trinajstić information content (AvgIpc) is 2.43. The lowest BCUT2D eigenvalue weighted by Crippen LogP contribution is -2.53. The Labute approximate surface area is 120 Å². The topological polar surface area (TPSA) is 66.8 Å². The highest BCUT2D eigenvalue weighted by molar-refractivity contribution is 5.80. The van der Waals surface area contributed by atoms with Gasteiger partial charge < -0.3 is 4.90 Å². The lowest BCUT2D eigenvalue weighted by molar-refractivity contribution is 0.158. The maximum atomic E-state index is 12.0. The Morgan fingerprint density at radius 1 is 0.950 bits per heavy atom. The van der Waals surface area contributed by atoms with Gasteiger partial charge in [-0.2, -0.15) is 0 Å². The molecule has 0 fully saturated rings. The van der Waals surface area contributed by atoms with Gasteiger partial charge in [0.1, 0.15) is 0 Å². The van der Waals surface area contributed by atoms with Gasteiger partial charge in [-0.3, -0.25) is 0 Å². The molecule has 0 aliphatic rings. The Balaban J connectivity index is 4.68. The summed E-state index contributed by atoms with van der Waals surface area (Å²) in [5.74, 6) is 0. The zero-order valence-electron chi connectivity index (χ0n) is 11.6. The van der Waals surface area contributed by atoms with Gasteiger partial charge in [-0.1, -0.05) is 24.3 Å². The normalized spacial score (nSPS) is 9.00. The standard InChI is InChI=1S/C14H21N4O2/c1-5-9-15-13(19)18(12-8-4)16-14(20)17(10-6-2)11-7-3/h5-8H,1-4,9-12H2,(H,16,20). The molecule has 0 rings (SSSR count). The third kappa shape index (κ3) is 6.44. The van der Waals surface area contributed by atoms with Crippen LogP contribution in [0.4, 0.5) is 9.59 Å². The molecule has 0 unspecified atom stereocenters. The molecule has 0 aromatic rings. The summed E-state index contributed by atoms with van der Waals surface area (Å²) in [5.41, 5.74) is 2.47. The van der Waals surface area contributed by atoms with Crippen molar-refractivity contribution in [3.8, 4) is 0 Å². The van der Waals surface area contributed by atoms with E-state index in [2.05, 4.69) is 37.1 Å². The molecule has 0 saturated heterocycles. The van der Waals surface area contributed by atoms with Crippen LogP contribution in [0.25, 0.3) is 0 Å². The van der Waals surface area contributed by atoms with Crippen molar-refractivity contribution in [2.75, 3.05) is 26.2 Å². The monoisotopic (exact) mass is 277 g/mol. The fraction of sp³-hybridized carbons (Fsp3) is 0.286. The Morgan fingerprint density at radius 3 is 1.95 bits per heavy atom. The van der Waals surface area contributed by atoms with Gasteiger partial charge in [0.25, 0.3) is 0 Å². The SMILES string of the molecule is C=CC[N]C(=O)N(CC=C)NC(=O)N(CC=C)CC=C. The summed E-state index contributed by atoms with van der Waals surface area (Å²) in [6.07, 6.45) is 6.16. The van der Waals surface area contributed by atoms with Gasteiger partial charge in [0, 0.05) is 13.1 Å². The number of hydrazine groups is 1. The molecule has 4 amide bonds. The van der Waals surface area contributed by atoms with E-state index in [9.17, 15) is 9.59 Å². The van der Waals surface area contributed by atoms with Crippen molar-refractivity contribution in [1.82, 2.24) is 20.7 Å². The number of nitrogens with one attached hydrogen (secondary N) is 1. The zero-order valence-corrected chi connectivity index (χ0v) is 11.6. The lowest BCUT2D eigenvalue weighted by Gasteiger charge is -2.26. The second kappa shape index (κ2) is 10.4. The minimum Gasteiger partial charge on any atom is -0.316 e. The van der Waals surface area contributed by atoms with Crippen molar-refractivity contribution in [2.45, 2.75) is 0 Å². The molecular formula is C14H21N4O2. The van der Waals surface area contributed by atoms with Crippen molar-refractivity contribution in [1.29, 1.82) is 0 Å². The highest BCUT2D eigenvalue weighted by atomic mass is 16.2. The summed E-state index contributed by atoms with van der Waals surface area (Å²) < 4.78 is 0. The van der Waals surface area contributed by atoms with E-state index < -0.39 is 12.1 Å². The number of rotatable bonds is 8. The summed E-state index contributed by atoms with van der Waals surface area (Å²) in [7, 11) is 0. The highest BCUT2D eigenvalue weighted by Gasteiger charge is 2.18. The number of carbonyl (C=O) groups excluding carboxylic acids is 2. The van der Waals surface area contributed by atoms with E-state index >= 15 is 0 Å². The van der Waals surface area contributed by atoms with Crippen LogP contribution in [0.5, 0.6) is 0 Å². The van der Waals surface area contributed by atoms with Crippen LogP contribution in [0.2, 0.25) is 0 Å². The van der Waals surface area contributed by atoms with E-state index in [0.29, 0.717) is 13.1 Å². The van der Waals surface area contributed by atoms with Gasteiger partial charge >= 0.3 is 12.1 Å². The molecule has 0 aromatic carbocycles. The first-order valence-corrected chi connectivity index (χ1v) is 6.08. The van der Waals surface area contributed by atoms with Crippen LogP contribution < -0.4 is 10.7 Å². The maximum absolute atomic E-state index is 12.0. The smallest absolute Gasteiger partial charge is 0.316 e. The molecule has 1 radical (unpaired) electrons. The van der Waals surface area contributed by atoms with Crippen LogP contribution in [0.15, 0.2) is 50.6 Å². The minimum atomic E-state index is -0.560. The number of urea groups is 2. The minimum absolute atomic E-state index is 0.154. The van der Waals surface area contributed by atoms with Gasteiger partial charge in [-0.15, -0.1) is 26.3 Å². The number of nitrogens with zero attached hydrogens (tertiary/aromatic N) is 3. The molecule has 0 aliphatic carbocycles. The molecule has 0 atom stereocenters. The Morgan fingerprint density at radius 2 is 1.50 bits per heavy atom. The summed E-state index contributed by atoms with van der Waals surface area (Å²) in [6, 6.07) is -0.996. The number of amides is 4. The summed E-state index contributed by atoms with van der Waals surface area (Å²) in [4.78, 5) is 25.2. The molecule has 0 saturated carbocycles. The first-order chi connectivity index (χ1) is 9.60. The number of hydrogen-bond donors (Lipinski definition) is 1. The van der Waals surface area contributed by atoms with E-state index in [4.69, 9.17) is 0 Å². The van der Waals surface area contributed by atoms with Crippen molar-refractivity contribution in [2.24, 2.45) is 0 Å². The van der Waals surface area contributed by atoms with E-state index in [1.54, 1.807) is 12.2 Å². The van der Waals surface area contributed by atoms with E-state index in [1.807, 2.05) is 0 Å². The van der Waals surface area contributed by atoms with Gasteiger partial charge in [0.2, 0.25) is 0 Å². The average molecular weight is 277 g/mol. The van der Waals surface area contributed by atoms with Crippen LogP contribution in [-0.4, -0.2) is 48.2 Å². The van der Waals surface area contributed by atoms with Crippen LogP contribution >= 0.6 is 0 Å². The summed E-state index contributed by atoms with van der Waals surface area (Å²) >= 11 is 0. The first kappa shape index (κ1) is 17.5. The predicted molar refractivity (Wildman–Crippen MR) is 80.0 cm³/mol. The zero-order chi connectivity index (χ0) is 15.4. The van der Waals surface area contributed by atoms with Crippen LogP contribution in [0.3, 0.4) is 0 Å². The molecule has 20 heavy (non-hydrogen) atoms. The molecule has 0 aromatic heterocycles.